The number of aromatic amines is 2. The molecule has 0 spiro atoms. The van der Waals surface area contributed by atoms with Gasteiger partial charge in [-0.15, -0.1) is 0 Å². The van der Waals surface area contributed by atoms with Crippen LogP contribution < -0.4 is 16.3 Å². The van der Waals surface area contributed by atoms with E-state index in [9.17, 15) is 40.7 Å². The van der Waals surface area contributed by atoms with E-state index in [4.69, 9.17) is 0 Å². The maximum Gasteiger partial charge on any atom is 0.471 e. The van der Waals surface area contributed by atoms with Crippen molar-refractivity contribution in [3.8, 4) is 0 Å². The van der Waals surface area contributed by atoms with E-state index < -0.39 is 41.2 Å². The summed E-state index contributed by atoms with van der Waals surface area (Å²) in [6.45, 7) is 0. The van der Waals surface area contributed by atoms with E-state index in [1.807, 2.05) is 0 Å². The highest BCUT2D eigenvalue weighted by atomic mass is 19.4. The lowest BCUT2D eigenvalue weighted by Gasteiger charge is -2.14. The number of nitrogens with one attached hydrogen (secondary N) is 4. The molecule has 0 saturated carbocycles. The van der Waals surface area contributed by atoms with E-state index >= 15 is 0 Å². The molecule has 4 N–H and O–H groups in total. The van der Waals surface area contributed by atoms with Crippen LogP contribution in [0.4, 0.5) is 37.7 Å². The first-order chi connectivity index (χ1) is 10.9. The third-order valence-electron chi connectivity index (χ3n) is 2.67. The lowest BCUT2D eigenvalue weighted by atomic mass is 10.2. The molecule has 130 valence electrons. The highest BCUT2D eigenvalue weighted by Gasteiger charge is 2.41. The fraction of sp³-hybridized carbons (Fsp3) is 0.182. The SMILES string of the molecule is O=C(Nc1cc2[nH]c(=O)[nH]c2cc1NC(=O)C(F)(F)F)C(F)(F)F. The van der Waals surface area contributed by atoms with Gasteiger partial charge in [-0.25, -0.2) is 4.79 Å². The van der Waals surface area contributed by atoms with E-state index in [0.29, 0.717) is 0 Å². The zero-order valence-electron chi connectivity index (χ0n) is 11.1. The van der Waals surface area contributed by atoms with Gasteiger partial charge in [-0.2, -0.15) is 26.3 Å². The molecule has 2 amide bonds. The van der Waals surface area contributed by atoms with Crippen LogP contribution in [0.2, 0.25) is 0 Å². The van der Waals surface area contributed by atoms with Crippen LogP contribution in [0.3, 0.4) is 0 Å². The van der Waals surface area contributed by atoms with Crippen molar-refractivity contribution < 1.29 is 35.9 Å². The lowest BCUT2D eigenvalue weighted by Crippen LogP contribution is -2.32. The van der Waals surface area contributed by atoms with Crippen molar-refractivity contribution in [3.63, 3.8) is 0 Å². The number of imidazole rings is 1. The standard InChI is InChI=1S/C11H6F6N4O3/c12-10(13,14)7(22)18-3-1-5-6(21-9(24)20-5)2-4(3)19-8(23)11(15,16)17/h1-2H,(H,18,22)(H,19,23)(H2,20,21,24). The van der Waals surface area contributed by atoms with Crippen molar-refractivity contribution >= 4 is 34.2 Å². The number of benzene rings is 1. The molecule has 13 heteroatoms. The van der Waals surface area contributed by atoms with Crippen LogP contribution in [-0.4, -0.2) is 34.1 Å². The van der Waals surface area contributed by atoms with Crippen molar-refractivity contribution in [1.29, 1.82) is 0 Å². The summed E-state index contributed by atoms with van der Waals surface area (Å²) in [7, 11) is 0. The van der Waals surface area contributed by atoms with Gasteiger partial charge in [-0.1, -0.05) is 0 Å². The number of H-pyrrole nitrogens is 2. The molecule has 1 heterocycles. The molecular weight excluding hydrogens is 350 g/mol. The van der Waals surface area contributed by atoms with Crippen molar-refractivity contribution in [2.24, 2.45) is 0 Å². The van der Waals surface area contributed by atoms with E-state index in [1.165, 1.54) is 10.6 Å². The maximum atomic E-state index is 12.3. The van der Waals surface area contributed by atoms with E-state index in [-0.39, 0.29) is 11.0 Å². The van der Waals surface area contributed by atoms with Crippen LogP contribution in [0, 0.1) is 0 Å². The third-order valence-corrected chi connectivity index (χ3v) is 2.67. The molecule has 1 aromatic carbocycles. The van der Waals surface area contributed by atoms with Gasteiger partial charge in [0.05, 0.1) is 22.4 Å². The smallest absolute Gasteiger partial charge is 0.316 e. The molecule has 24 heavy (non-hydrogen) atoms. The van der Waals surface area contributed by atoms with Crippen LogP contribution in [0.1, 0.15) is 0 Å². The summed E-state index contributed by atoms with van der Waals surface area (Å²) in [5.41, 5.74) is -2.54. The largest absolute Gasteiger partial charge is 0.471 e. The van der Waals surface area contributed by atoms with Gasteiger partial charge in [0.15, 0.2) is 0 Å². The molecule has 1 aromatic heterocycles. The molecule has 0 unspecified atom stereocenters. The molecule has 0 aliphatic heterocycles. The Labute approximate surface area is 127 Å². The fourth-order valence-corrected chi connectivity index (χ4v) is 1.68. The normalized spacial score (nSPS) is 12.2. The Morgan fingerprint density at radius 3 is 1.42 bits per heavy atom. The number of carbonyl (C=O) groups is 2. The van der Waals surface area contributed by atoms with E-state index in [0.717, 1.165) is 12.1 Å². The highest BCUT2D eigenvalue weighted by molar-refractivity contribution is 6.05. The van der Waals surface area contributed by atoms with Gasteiger partial charge in [-0.3, -0.25) is 9.59 Å². The number of hydrogen-bond acceptors (Lipinski definition) is 3. The van der Waals surface area contributed by atoms with Crippen molar-refractivity contribution in [2.75, 3.05) is 10.6 Å². The van der Waals surface area contributed by atoms with Crippen molar-refractivity contribution in [3.05, 3.63) is 22.6 Å². The summed E-state index contributed by atoms with van der Waals surface area (Å²) < 4.78 is 73.8. The maximum absolute atomic E-state index is 12.3. The number of anilines is 2. The molecule has 0 aliphatic rings. The molecule has 0 bridgehead atoms. The van der Waals surface area contributed by atoms with Gasteiger partial charge >= 0.3 is 29.9 Å². The molecule has 0 fully saturated rings. The second-order valence-corrected chi connectivity index (χ2v) is 4.43. The van der Waals surface area contributed by atoms with Gasteiger partial charge in [0.1, 0.15) is 0 Å². The van der Waals surface area contributed by atoms with Crippen LogP contribution >= 0.6 is 0 Å². The highest BCUT2D eigenvalue weighted by Crippen LogP contribution is 2.30. The van der Waals surface area contributed by atoms with Crippen LogP contribution in [0.15, 0.2) is 16.9 Å². The lowest BCUT2D eigenvalue weighted by molar-refractivity contribution is -0.167. The van der Waals surface area contributed by atoms with E-state index in [1.54, 1.807) is 0 Å². The molecule has 0 radical (unpaired) electrons. The van der Waals surface area contributed by atoms with Crippen LogP contribution in [0.5, 0.6) is 0 Å². The number of amides is 2. The number of rotatable bonds is 2. The molecular formula is C11H6F6N4O3. The number of aromatic nitrogens is 2. The molecule has 7 nitrogen and oxygen atoms in total. The minimum absolute atomic E-state index is 0.0949. The Bertz CT molecular complexity index is 795. The Morgan fingerprint density at radius 1 is 0.792 bits per heavy atom. The van der Waals surface area contributed by atoms with Gasteiger partial charge in [-0.05, 0) is 12.1 Å². The molecule has 2 rings (SSSR count). The number of alkyl halides is 6. The van der Waals surface area contributed by atoms with Gasteiger partial charge in [0.2, 0.25) is 0 Å². The Kier molecular flexibility index (Phi) is 4.03. The van der Waals surface area contributed by atoms with Gasteiger partial charge in [0, 0.05) is 0 Å². The first-order valence-corrected chi connectivity index (χ1v) is 5.90. The number of halogens is 6. The van der Waals surface area contributed by atoms with Crippen molar-refractivity contribution in [1.82, 2.24) is 9.97 Å². The summed E-state index contributed by atoms with van der Waals surface area (Å²) in [6.07, 6.45) is -10.6. The topological polar surface area (TPSA) is 107 Å². The number of hydrogen-bond donors (Lipinski definition) is 4. The predicted octanol–water partition coefficient (Wildman–Crippen LogP) is 1.86. The number of fused-ring (bicyclic) bond motifs is 1. The zero-order chi connectivity index (χ0) is 18.3. The average molecular weight is 356 g/mol. The first kappa shape index (κ1) is 17.4. The molecule has 0 atom stereocenters. The minimum Gasteiger partial charge on any atom is -0.316 e. The first-order valence-electron chi connectivity index (χ1n) is 5.90. The van der Waals surface area contributed by atoms with Gasteiger partial charge in [0.25, 0.3) is 0 Å². The molecule has 2 aromatic rings. The van der Waals surface area contributed by atoms with Crippen molar-refractivity contribution in [2.45, 2.75) is 12.4 Å². The Balaban J connectivity index is 2.49. The van der Waals surface area contributed by atoms with Crippen LogP contribution in [-0.2, 0) is 9.59 Å². The minimum atomic E-state index is -5.31. The Hall–Kier alpha value is -2.99. The monoisotopic (exact) mass is 356 g/mol. The summed E-state index contributed by atoms with van der Waals surface area (Å²) in [6, 6.07) is 1.53. The summed E-state index contributed by atoms with van der Waals surface area (Å²) in [4.78, 5) is 37.3. The fourth-order valence-electron chi connectivity index (χ4n) is 1.68. The predicted molar refractivity (Wildman–Crippen MR) is 68.3 cm³/mol. The summed E-state index contributed by atoms with van der Waals surface area (Å²) in [5.74, 6) is -4.94. The molecule has 0 aliphatic carbocycles. The zero-order valence-corrected chi connectivity index (χ0v) is 11.1. The number of carbonyl (C=O) groups excluding carboxylic acids is 2. The summed E-state index contributed by atoms with van der Waals surface area (Å²) in [5, 5.41) is 2.65. The van der Waals surface area contributed by atoms with E-state index in [2.05, 4.69) is 9.97 Å². The summed E-state index contributed by atoms with van der Waals surface area (Å²) >= 11 is 0. The molecule has 0 saturated heterocycles. The quantitative estimate of drug-likeness (QED) is 0.617. The second-order valence-electron chi connectivity index (χ2n) is 4.43. The Morgan fingerprint density at radius 2 is 1.12 bits per heavy atom. The third kappa shape index (κ3) is 3.67. The average Bonchev–Trinajstić information content (AvgIpc) is 2.75. The van der Waals surface area contributed by atoms with Crippen LogP contribution in [0.25, 0.3) is 11.0 Å². The van der Waals surface area contributed by atoms with Gasteiger partial charge < -0.3 is 20.6 Å². The second kappa shape index (κ2) is 5.58.